The lowest BCUT2D eigenvalue weighted by molar-refractivity contribution is -0.158. The van der Waals surface area contributed by atoms with Crippen LogP contribution in [0.3, 0.4) is 0 Å². The van der Waals surface area contributed by atoms with Crippen LogP contribution >= 0.6 is 11.8 Å². The lowest BCUT2D eigenvalue weighted by Crippen LogP contribution is -2.66. The Labute approximate surface area is 202 Å². The zero-order valence-electron chi connectivity index (χ0n) is 19.5. The molecular weight excluding hydrogens is 460 g/mol. The third-order valence-electron chi connectivity index (χ3n) is 6.73. The number of hydrogen-bond donors (Lipinski definition) is 5. The number of aliphatic carboxylic acids is 1. The Balaban J connectivity index is 1.42. The summed E-state index contributed by atoms with van der Waals surface area (Å²) < 4.78 is 1.77. The lowest BCUT2D eigenvalue weighted by atomic mass is 9.78. The fourth-order valence-electron chi connectivity index (χ4n) is 5.19. The number of aromatic nitrogens is 3. The third-order valence-corrected chi connectivity index (χ3v) is 8.25. The van der Waals surface area contributed by atoms with Gasteiger partial charge in [-0.3, -0.25) is 14.3 Å². The molecule has 0 aliphatic carbocycles. The minimum atomic E-state index is -1.09. The monoisotopic (exact) mass is 492 g/mol. The van der Waals surface area contributed by atoms with Crippen LogP contribution in [0, 0.1) is 11.8 Å². The molecule has 4 heterocycles. The van der Waals surface area contributed by atoms with Gasteiger partial charge in [0, 0.05) is 47.4 Å². The Kier molecular flexibility index (Phi) is 7.26. The molecule has 3 aliphatic rings. The molecule has 186 valence electrons. The Bertz CT molecular complexity index is 997. The van der Waals surface area contributed by atoms with Gasteiger partial charge < -0.3 is 31.7 Å². The highest BCUT2D eigenvalue weighted by molar-refractivity contribution is 8.03. The zero-order chi connectivity index (χ0) is 24.6. The molecule has 1 aromatic heterocycles. The highest BCUT2D eigenvalue weighted by Gasteiger charge is 2.60. The standard InChI is InChI=1S/C21H32N8O4S/c1-10-17-16(11(2)25-15(30)7-23-3)20(31)29(17)18(21(32)33)19(10)34-14-4-12(24-6-14)8-28-9-13(5-22)26-27-28/h9-12,14,16-17,23-24H,4-8,22H2,1-3H3,(H,25,30)(H,32,33)/t10-,11-,12+,14+,16-,17+/m1/s1. The molecule has 0 aromatic carbocycles. The van der Waals surface area contributed by atoms with Gasteiger partial charge in [-0.1, -0.05) is 12.1 Å². The van der Waals surface area contributed by atoms with Crippen molar-refractivity contribution in [3.8, 4) is 0 Å². The molecule has 6 atom stereocenters. The highest BCUT2D eigenvalue weighted by Crippen LogP contribution is 2.51. The van der Waals surface area contributed by atoms with Crippen LogP contribution in [0.2, 0.25) is 0 Å². The number of hydrogen-bond acceptors (Lipinski definition) is 9. The van der Waals surface area contributed by atoms with Crippen LogP contribution in [-0.2, 0) is 27.5 Å². The first-order chi connectivity index (χ1) is 16.2. The van der Waals surface area contributed by atoms with E-state index in [2.05, 4.69) is 26.3 Å². The SMILES string of the molecule is CNCC(=O)N[C@H](C)[C@H]1C(=O)N2C(C(=O)O)=C(S[C@@H]3CN[C@H](Cn4cc(CN)nn4)C3)[C@H](C)[C@@H]12. The Morgan fingerprint density at radius 3 is 2.85 bits per heavy atom. The van der Waals surface area contributed by atoms with Gasteiger partial charge in [-0.2, -0.15) is 0 Å². The molecule has 4 rings (SSSR count). The number of nitrogens with two attached hydrogens (primary N) is 1. The molecule has 34 heavy (non-hydrogen) atoms. The molecule has 0 saturated carbocycles. The summed E-state index contributed by atoms with van der Waals surface area (Å²) in [5.41, 5.74) is 6.42. The molecule has 0 unspecified atom stereocenters. The summed E-state index contributed by atoms with van der Waals surface area (Å²) in [4.78, 5) is 39.3. The average Bonchev–Trinajstić information content (AvgIpc) is 3.47. The topological polar surface area (TPSA) is 168 Å². The molecule has 2 fully saturated rings. The number of carbonyl (C=O) groups is 3. The maximum Gasteiger partial charge on any atom is 0.353 e. The number of carboxylic acids is 1. The second-order valence-corrected chi connectivity index (χ2v) is 10.5. The first-order valence-electron chi connectivity index (χ1n) is 11.5. The van der Waals surface area contributed by atoms with Crippen molar-refractivity contribution in [3.63, 3.8) is 0 Å². The van der Waals surface area contributed by atoms with Gasteiger partial charge in [0.05, 0.1) is 30.7 Å². The van der Waals surface area contributed by atoms with Crippen molar-refractivity contribution in [2.45, 2.75) is 56.7 Å². The van der Waals surface area contributed by atoms with Crippen molar-refractivity contribution in [3.05, 3.63) is 22.5 Å². The van der Waals surface area contributed by atoms with E-state index in [1.165, 1.54) is 4.90 Å². The van der Waals surface area contributed by atoms with Crippen molar-refractivity contribution in [1.82, 2.24) is 35.8 Å². The third kappa shape index (κ3) is 4.57. The van der Waals surface area contributed by atoms with E-state index in [4.69, 9.17) is 5.73 Å². The van der Waals surface area contributed by atoms with Crippen LogP contribution < -0.4 is 21.7 Å². The Hall–Kier alpha value is -2.48. The number of likely N-dealkylation sites (N-methyl/N-ethyl adjacent to an activating group) is 1. The number of thioether (sulfide) groups is 1. The molecule has 0 bridgehead atoms. The van der Waals surface area contributed by atoms with Gasteiger partial charge in [0.2, 0.25) is 11.8 Å². The summed E-state index contributed by atoms with van der Waals surface area (Å²) >= 11 is 1.55. The predicted octanol–water partition coefficient (Wildman–Crippen LogP) is -1.30. The Morgan fingerprint density at radius 2 is 2.21 bits per heavy atom. The first kappa shape index (κ1) is 24.6. The van der Waals surface area contributed by atoms with Crippen molar-refractivity contribution >= 4 is 29.5 Å². The smallest absolute Gasteiger partial charge is 0.353 e. The van der Waals surface area contributed by atoms with Gasteiger partial charge >= 0.3 is 5.97 Å². The number of β-lactam (4-membered cyclic amide) rings is 1. The minimum absolute atomic E-state index is 0.0878. The van der Waals surface area contributed by atoms with Crippen LogP contribution in [-0.4, -0.2) is 86.3 Å². The van der Waals surface area contributed by atoms with E-state index in [0.717, 1.165) is 23.6 Å². The number of nitrogens with one attached hydrogen (secondary N) is 3. The van der Waals surface area contributed by atoms with Gasteiger partial charge in [0.1, 0.15) is 5.70 Å². The fraction of sp³-hybridized carbons (Fsp3) is 0.667. The van der Waals surface area contributed by atoms with Gasteiger partial charge in [-0.05, 0) is 20.4 Å². The largest absolute Gasteiger partial charge is 0.477 e. The van der Waals surface area contributed by atoms with Crippen molar-refractivity contribution in [2.24, 2.45) is 17.6 Å². The van der Waals surface area contributed by atoms with Gasteiger partial charge in [0.15, 0.2) is 0 Å². The average molecular weight is 493 g/mol. The molecule has 3 aliphatic heterocycles. The minimum Gasteiger partial charge on any atom is -0.477 e. The second kappa shape index (κ2) is 10.0. The first-order valence-corrected chi connectivity index (χ1v) is 12.4. The Morgan fingerprint density at radius 1 is 1.44 bits per heavy atom. The van der Waals surface area contributed by atoms with E-state index in [1.54, 1.807) is 30.4 Å². The quantitative estimate of drug-likeness (QED) is 0.248. The molecule has 13 heteroatoms. The summed E-state index contributed by atoms with van der Waals surface area (Å²) in [5, 5.41) is 27.4. The zero-order valence-corrected chi connectivity index (χ0v) is 20.3. The molecule has 2 amide bonds. The maximum atomic E-state index is 13.0. The van der Waals surface area contributed by atoms with E-state index >= 15 is 0 Å². The molecule has 0 radical (unpaired) electrons. The van der Waals surface area contributed by atoms with E-state index in [0.29, 0.717) is 13.1 Å². The van der Waals surface area contributed by atoms with Crippen LogP contribution in [0.5, 0.6) is 0 Å². The number of fused-ring (bicyclic) bond motifs is 1. The van der Waals surface area contributed by atoms with Crippen molar-refractivity contribution in [2.75, 3.05) is 20.1 Å². The van der Waals surface area contributed by atoms with E-state index in [1.807, 2.05) is 13.1 Å². The van der Waals surface area contributed by atoms with Crippen LogP contribution in [0.4, 0.5) is 0 Å². The van der Waals surface area contributed by atoms with Crippen LogP contribution in [0.1, 0.15) is 26.0 Å². The molecular formula is C21H32N8O4S. The van der Waals surface area contributed by atoms with E-state index in [9.17, 15) is 19.5 Å². The van der Waals surface area contributed by atoms with Crippen molar-refractivity contribution in [1.29, 1.82) is 0 Å². The van der Waals surface area contributed by atoms with Gasteiger partial charge in [-0.25, -0.2) is 4.79 Å². The highest BCUT2D eigenvalue weighted by atomic mass is 32.2. The van der Waals surface area contributed by atoms with Crippen molar-refractivity contribution < 1.29 is 19.5 Å². The number of rotatable bonds is 10. The van der Waals surface area contributed by atoms with E-state index in [-0.39, 0.29) is 53.3 Å². The predicted molar refractivity (Wildman–Crippen MR) is 125 cm³/mol. The number of carboxylic acid groups (broad SMARTS) is 1. The lowest BCUT2D eigenvalue weighted by Gasteiger charge is -2.47. The second-order valence-electron chi connectivity index (χ2n) is 9.13. The molecule has 12 nitrogen and oxygen atoms in total. The van der Waals surface area contributed by atoms with Crippen LogP contribution in [0.15, 0.2) is 16.8 Å². The summed E-state index contributed by atoms with van der Waals surface area (Å²) in [7, 11) is 1.68. The number of nitrogens with zero attached hydrogens (tertiary/aromatic N) is 4. The number of amides is 2. The molecule has 1 aromatic rings. The fourth-order valence-corrected chi connectivity index (χ4v) is 6.71. The maximum absolute atomic E-state index is 13.0. The summed E-state index contributed by atoms with van der Waals surface area (Å²) in [6, 6.07) is -0.458. The van der Waals surface area contributed by atoms with E-state index < -0.39 is 11.9 Å². The molecule has 6 N–H and O–H groups in total. The van der Waals surface area contributed by atoms with Crippen LogP contribution in [0.25, 0.3) is 0 Å². The summed E-state index contributed by atoms with van der Waals surface area (Å²) in [6.07, 6.45) is 2.67. The summed E-state index contributed by atoms with van der Waals surface area (Å²) in [5.74, 6) is -2.09. The normalized spacial score (nSPS) is 29.2. The molecule has 0 spiro atoms. The van der Waals surface area contributed by atoms with Gasteiger partial charge in [0.25, 0.3) is 0 Å². The molecule has 2 saturated heterocycles. The summed E-state index contributed by atoms with van der Waals surface area (Å²) in [6.45, 7) is 5.67. The van der Waals surface area contributed by atoms with Gasteiger partial charge in [-0.15, -0.1) is 16.9 Å². The number of carbonyl (C=O) groups excluding carboxylic acids is 2.